The molecule has 0 saturated heterocycles. The van der Waals surface area contributed by atoms with E-state index in [1.54, 1.807) is 11.6 Å². The van der Waals surface area contributed by atoms with E-state index in [0.717, 1.165) is 37.1 Å². The molecule has 25 heavy (non-hydrogen) atoms. The quantitative estimate of drug-likeness (QED) is 0.222. The van der Waals surface area contributed by atoms with Crippen LogP contribution in [0.15, 0.2) is 48.1 Å². The van der Waals surface area contributed by atoms with Crippen LogP contribution in [0.3, 0.4) is 0 Å². The minimum atomic E-state index is -0.567. The maximum atomic E-state index is 11.0. The number of rotatable bonds is 8. The zero-order valence-electron chi connectivity index (χ0n) is 14.7. The lowest BCUT2D eigenvalue weighted by Gasteiger charge is -2.21. The van der Waals surface area contributed by atoms with Crippen molar-refractivity contribution in [1.29, 1.82) is 0 Å². The highest BCUT2D eigenvalue weighted by molar-refractivity contribution is 5.91. The van der Waals surface area contributed by atoms with Gasteiger partial charge in [-0.1, -0.05) is 29.9 Å². The van der Waals surface area contributed by atoms with Gasteiger partial charge in [-0.15, -0.1) is 0 Å². The van der Waals surface area contributed by atoms with Gasteiger partial charge in [-0.25, -0.2) is 5.48 Å². The molecule has 1 aromatic carbocycles. The molecule has 4 N–H and O–H groups in total. The van der Waals surface area contributed by atoms with E-state index in [9.17, 15) is 4.79 Å². The van der Waals surface area contributed by atoms with Crippen LogP contribution in [0.25, 0.3) is 6.08 Å². The van der Waals surface area contributed by atoms with Crippen molar-refractivity contribution in [3.05, 3.63) is 53.6 Å². The second-order valence-electron chi connectivity index (χ2n) is 6.27. The standard InChI is InChI=1S/C20H27N3O2/c1-23(14-6-5-9-16-7-3-2-4-8-16)19-12-10-17(15-18(19)21)11-13-20(24)22-25/h3,7-8,10-13,15,25H,2,4-6,9,14,21H2,1H3,(H,22,24). The number of benzene rings is 1. The highest BCUT2D eigenvalue weighted by Gasteiger charge is 2.06. The largest absolute Gasteiger partial charge is 0.397 e. The number of carbonyl (C=O) groups excluding carboxylic acids is 1. The molecule has 1 aliphatic rings. The van der Waals surface area contributed by atoms with E-state index in [1.807, 2.05) is 25.2 Å². The highest BCUT2D eigenvalue weighted by atomic mass is 16.5. The zero-order chi connectivity index (χ0) is 18.1. The fourth-order valence-electron chi connectivity index (χ4n) is 2.89. The molecule has 134 valence electrons. The second-order valence-corrected chi connectivity index (χ2v) is 6.27. The Morgan fingerprint density at radius 3 is 2.88 bits per heavy atom. The smallest absolute Gasteiger partial charge is 0.267 e. The van der Waals surface area contributed by atoms with E-state index in [-0.39, 0.29) is 0 Å². The van der Waals surface area contributed by atoms with Crippen LogP contribution in [-0.4, -0.2) is 24.7 Å². The van der Waals surface area contributed by atoms with Crippen LogP contribution in [0.5, 0.6) is 0 Å². The van der Waals surface area contributed by atoms with E-state index in [0.29, 0.717) is 5.69 Å². The molecule has 0 bridgehead atoms. The maximum Gasteiger partial charge on any atom is 0.267 e. The zero-order valence-corrected chi connectivity index (χ0v) is 14.7. The first kappa shape index (κ1) is 18.8. The monoisotopic (exact) mass is 341 g/mol. The number of anilines is 2. The van der Waals surface area contributed by atoms with Gasteiger partial charge in [-0.05, 0) is 55.9 Å². The molecule has 0 radical (unpaired) electrons. The van der Waals surface area contributed by atoms with Crippen LogP contribution >= 0.6 is 0 Å². The Bertz CT molecular complexity index is 678. The molecule has 1 aromatic rings. The van der Waals surface area contributed by atoms with Crippen molar-refractivity contribution in [3.63, 3.8) is 0 Å². The third-order valence-electron chi connectivity index (χ3n) is 4.28. The van der Waals surface area contributed by atoms with Crippen molar-refractivity contribution in [2.45, 2.75) is 32.1 Å². The van der Waals surface area contributed by atoms with Crippen molar-refractivity contribution in [1.82, 2.24) is 5.48 Å². The number of hydroxylamine groups is 1. The first-order valence-corrected chi connectivity index (χ1v) is 8.68. The predicted molar refractivity (Wildman–Crippen MR) is 103 cm³/mol. The van der Waals surface area contributed by atoms with Gasteiger partial charge in [0.1, 0.15) is 0 Å². The molecule has 5 nitrogen and oxygen atoms in total. The van der Waals surface area contributed by atoms with Gasteiger partial charge in [0.2, 0.25) is 0 Å². The number of nitrogens with two attached hydrogens (primary N) is 1. The van der Waals surface area contributed by atoms with Gasteiger partial charge >= 0.3 is 0 Å². The summed E-state index contributed by atoms with van der Waals surface area (Å²) in [5.41, 5.74) is 11.6. The molecule has 5 heteroatoms. The number of unbranched alkanes of at least 4 members (excludes halogenated alkanes) is 1. The van der Waals surface area contributed by atoms with Gasteiger partial charge < -0.3 is 10.6 Å². The highest BCUT2D eigenvalue weighted by Crippen LogP contribution is 2.24. The fourth-order valence-corrected chi connectivity index (χ4v) is 2.89. The summed E-state index contributed by atoms with van der Waals surface area (Å²) in [6.07, 6.45) is 15.4. The van der Waals surface area contributed by atoms with E-state index in [1.165, 1.54) is 24.5 Å². The molecule has 0 unspecified atom stereocenters. The van der Waals surface area contributed by atoms with Crippen LogP contribution in [0.2, 0.25) is 0 Å². The minimum absolute atomic E-state index is 0.567. The van der Waals surface area contributed by atoms with Gasteiger partial charge in [0.25, 0.3) is 5.91 Å². The molecule has 0 heterocycles. The fraction of sp³-hybridized carbons (Fsp3) is 0.350. The van der Waals surface area contributed by atoms with E-state index < -0.39 is 5.91 Å². The number of amides is 1. The molecular formula is C20H27N3O2. The number of hydrogen-bond acceptors (Lipinski definition) is 4. The van der Waals surface area contributed by atoms with Crippen molar-refractivity contribution < 1.29 is 10.0 Å². The van der Waals surface area contributed by atoms with Crippen molar-refractivity contribution >= 4 is 23.4 Å². The molecular weight excluding hydrogens is 314 g/mol. The van der Waals surface area contributed by atoms with Gasteiger partial charge in [-0.3, -0.25) is 10.0 Å². The molecule has 1 amide bonds. The molecule has 0 aromatic heterocycles. The Balaban J connectivity index is 1.83. The Morgan fingerprint density at radius 1 is 1.36 bits per heavy atom. The first-order chi connectivity index (χ1) is 12.1. The summed E-state index contributed by atoms with van der Waals surface area (Å²) in [5.74, 6) is -0.567. The summed E-state index contributed by atoms with van der Waals surface area (Å²) in [5, 5.41) is 8.48. The average molecular weight is 341 g/mol. The Labute approximate surface area is 149 Å². The number of nitrogens with zero attached hydrogens (tertiary/aromatic N) is 1. The summed E-state index contributed by atoms with van der Waals surface area (Å²) in [4.78, 5) is 13.2. The van der Waals surface area contributed by atoms with E-state index in [4.69, 9.17) is 10.9 Å². The summed E-state index contributed by atoms with van der Waals surface area (Å²) < 4.78 is 0. The molecule has 0 fully saturated rings. The number of hydrogen-bond donors (Lipinski definition) is 3. The average Bonchev–Trinajstić information content (AvgIpc) is 2.64. The van der Waals surface area contributed by atoms with Crippen LogP contribution in [0, 0.1) is 0 Å². The number of allylic oxidation sites excluding steroid dienone is 4. The van der Waals surface area contributed by atoms with Gasteiger partial charge in [0.15, 0.2) is 0 Å². The van der Waals surface area contributed by atoms with Crippen LogP contribution < -0.4 is 16.1 Å². The number of nitrogens with one attached hydrogen (secondary N) is 1. The molecule has 0 aliphatic heterocycles. The van der Waals surface area contributed by atoms with Gasteiger partial charge in [-0.2, -0.15) is 0 Å². The first-order valence-electron chi connectivity index (χ1n) is 8.68. The lowest BCUT2D eigenvalue weighted by Crippen LogP contribution is -2.19. The Morgan fingerprint density at radius 2 is 2.20 bits per heavy atom. The topological polar surface area (TPSA) is 78.6 Å². The van der Waals surface area contributed by atoms with E-state index >= 15 is 0 Å². The summed E-state index contributed by atoms with van der Waals surface area (Å²) >= 11 is 0. The van der Waals surface area contributed by atoms with E-state index in [2.05, 4.69) is 23.1 Å². The lowest BCUT2D eigenvalue weighted by molar-refractivity contribution is -0.124. The van der Waals surface area contributed by atoms with Crippen LogP contribution in [0.1, 0.15) is 37.7 Å². The van der Waals surface area contributed by atoms with Crippen molar-refractivity contribution in [3.8, 4) is 0 Å². The van der Waals surface area contributed by atoms with Gasteiger partial charge in [0, 0.05) is 19.7 Å². The molecule has 1 aliphatic carbocycles. The SMILES string of the molecule is CN(CCCCC1=CCCC=C1)c1ccc(C=CC(=O)NO)cc1N. The minimum Gasteiger partial charge on any atom is -0.397 e. The number of carbonyl (C=O) groups is 1. The normalized spacial score (nSPS) is 13.8. The molecule has 0 atom stereocenters. The predicted octanol–water partition coefficient (Wildman–Crippen LogP) is 3.67. The molecule has 2 rings (SSSR count). The van der Waals surface area contributed by atoms with Gasteiger partial charge in [0.05, 0.1) is 11.4 Å². The number of nitrogen functional groups attached to an aromatic ring is 1. The maximum absolute atomic E-state index is 11.0. The van der Waals surface area contributed by atoms with Crippen molar-refractivity contribution in [2.24, 2.45) is 0 Å². The third-order valence-corrected chi connectivity index (χ3v) is 4.28. The third kappa shape index (κ3) is 6.12. The summed E-state index contributed by atoms with van der Waals surface area (Å²) in [6.45, 7) is 0.948. The van der Waals surface area contributed by atoms with Crippen LogP contribution in [0.4, 0.5) is 11.4 Å². The second kappa shape index (κ2) is 9.69. The molecule has 0 saturated carbocycles. The van der Waals surface area contributed by atoms with Crippen molar-refractivity contribution in [2.75, 3.05) is 24.2 Å². The van der Waals surface area contributed by atoms with Crippen LogP contribution in [-0.2, 0) is 4.79 Å². The Hall–Kier alpha value is -2.53. The lowest BCUT2D eigenvalue weighted by atomic mass is 10.0. The Kier molecular flexibility index (Phi) is 7.29. The summed E-state index contributed by atoms with van der Waals surface area (Å²) in [6, 6.07) is 5.68. The molecule has 0 spiro atoms. The summed E-state index contributed by atoms with van der Waals surface area (Å²) in [7, 11) is 2.04.